The van der Waals surface area contributed by atoms with Gasteiger partial charge in [-0.15, -0.1) is 11.3 Å². The van der Waals surface area contributed by atoms with Gasteiger partial charge in [0.1, 0.15) is 21.8 Å². The van der Waals surface area contributed by atoms with Crippen LogP contribution in [-0.4, -0.2) is 68.2 Å². The number of amides is 1. The van der Waals surface area contributed by atoms with Gasteiger partial charge in [0.2, 0.25) is 0 Å². The van der Waals surface area contributed by atoms with E-state index in [1.807, 2.05) is 24.3 Å². The SMILES string of the molecule is O=C(Cc1ccc(S(=O)(=O)N2CCOCC2)s1)OCC(=O)N1N=C2C(=Cc3ccco3)CCCC2C1c1ccco1. The number of esters is 1. The van der Waals surface area contributed by atoms with Crippen molar-refractivity contribution in [2.45, 2.75) is 35.9 Å². The van der Waals surface area contributed by atoms with Crippen molar-refractivity contribution in [2.24, 2.45) is 11.0 Å². The Morgan fingerprint density at radius 3 is 2.66 bits per heavy atom. The van der Waals surface area contributed by atoms with Crippen LogP contribution in [0.25, 0.3) is 6.08 Å². The second-order valence-electron chi connectivity index (χ2n) is 9.94. The molecular formula is C28H29N3O8S2. The number of hydrogen-bond donors (Lipinski definition) is 0. The van der Waals surface area contributed by atoms with Crippen molar-refractivity contribution in [2.75, 3.05) is 32.9 Å². The third-order valence-electron chi connectivity index (χ3n) is 7.33. The summed E-state index contributed by atoms with van der Waals surface area (Å²) in [4.78, 5) is 26.5. The summed E-state index contributed by atoms with van der Waals surface area (Å²) in [5, 5.41) is 6.07. The standard InChI is InChI=1S/C28H29N3O8S2/c32-24(18-39-25(33)17-21-8-9-26(40-21)41(34,35)30-10-14-36-15-11-30)31-28(23-7-3-13-38-23)22-6-1-4-19(27(22)29-31)16-20-5-2-12-37-20/h2-3,5,7-9,12-13,16,22,28H,1,4,6,10-11,14-15,17-18H2. The van der Waals surface area contributed by atoms with Gasteiger partial charge >= 0.3 is 5.97 Å². The molecule has 1 amide bonds. The lowest BCUT2D eigenvalue weighted by Gasteiger charge is -2.27. The fraction of sp³-hybridized carbons (Fsp3) is 0.393. The summed E-state index contributed by atoms with van der Waals surface area (Å²) in [6, 6.07) is 9.92. The van der Waals surface area contributed by atoms with Crippen LogP contribution in [0.15, 0.2) is 72.6 Å². The van der Waals surface area contributed by atoms with Gasteiger partial charge in [0.05, 0.1) is 37.9 Å². The van der Waals surface area contributed by atoms with Gasteiger partial charge in [-0.25, -0.2) is 13.4 Å². The number of carbonyl (C=O) groups excluding carboxylic acids is 2. The van der Waals surface area contributed by atoms with Gasteiger partial charge in [0, 0.05) is 23.9 Å². The molecule has 3 aromatic heterocycles. The minimum Gasteiger partial charge on any atom is -0.467 e. The van der Waals surface area contributed by atoms with Gasteiger partial charge in [-0.3, -0.25) is 9.59 Å². The lowest BCUT2D eigenvalue weighted by atomic mass is 9.79. The zero-order valence-electron chi connectivity index (χ0n) is 22.1. The summed E-state index contributed by atoms with van der Waals surface area (Å²) < 4.78 is 49.1. The van der Waals surface area contributed by atoms with E-state index in [1.165, 1.54) is 15.4 Å². The van der Waals surface area contributed by atoms with E-state index in [1.54, 1.807) is 24.7 Å². The van der Waals surface area contributed by atoms with E-state index in [2.05, 4.69) is 0 Å². The molecule has 0 bridgehead atoms. The van der Waals surface area contributed by atoms with Crippen molar-refractivity contribution in [1.82, 2.24) is 9.31 Å². The molecule has 2 fully saturated rings. The summed E-state index contributed by atoms with van der Waals surface area (Å²) >= 11 is 1.02. The Morgan fingerprint density at radius 1 is 1.10 bits per heavy atom. The normalized spacial score (nSPS) is 22.5. The number of rotatable bonds is 8. The topological polar surface area (TPSA) is 132 Å². The average molecular weight is 600 g/mol. The highest BCUT2D eigenvalue weighted by molar-refractivity contribution is 7.91. The van der Waals surface area contributed by atoms with Crippen molar-refractivity contribution >= 4 is 45.0 Å². The number of allylic oxidation sites excluding steroid dienone is 1. The monoisotopic (exact) mass is 599 g/mol. The zero-order valence-corrected chi connectivity index (χ0v) is 23.8. The number of hydrogen-bond acceptors (Lipinski definition) is 10. The number of furan rings is 2. The van der Waals surface area contributed by atoms with Crippen LogP contribution in [0.1, 0.15) is 41.7 Å². The summed E-state index contributed by atoms with van der Waals surface area (Å²) in [6.07, 6.45) is 7.54. The first-order chi connectivity index (χ1) is 19.9. The fourth-order valence-corrected chi connectivity index (χ4v) is 8.30. The van der Waals surface area contributed by atoms with Gasteiger partial charge in [0.15, 0.2) is 6.61 Å². The highest BCUT2D eigenvalue weighted by Gasteiger charge is 2.45. The van der Waals surface area contributed by atoms with Gasteiger partial charge < -0.3 is 18.3 Å². The number of sulfonamides is 1. The second kappa shape index (κ2) is 11.8. The number of nitrogens with zero attached hydrogens (tertiary/aromatic N) is 3. The van der Waals surface area contributed by atoms with Crippen LogP contribution in [0.4, 0.5) is 0 Å². The van der Waals surface area contributed by atoms with Gasteiger partial charge in [-0.2, -0.15) is 9.41 Å². The minimum absolute atomic E-state index is 0.0614. The van der Waals surface area contributed by atoms with Crippen LogP contribution in [0, 0.1) is 5.92 Å². The second-order valence-corrected chi connectivity index (χ2v) is 13.3. The number of fused-ring (bicyclic) bond motifs is 1. The maximum atomic E-state index is 13.4. The van der Waals surface area contributed by atoms with Crippen LogP contribution in [0.2, 0.25) is 0 Å². The third-order valence-corrected chi connectivity index (χ3v) is 10.8. The molecule has 5 heterocycles. The van der Waals surface area contributed by atoms with Crippen molar-refractivity contribution in [1.29, 1.82) is 0 Å². The molecule has 216 valence electrons. The quantitative estimate of drug-likeness (QED) is 0.357. The minimum atomic E-state index is -3.65. The Bertz CT molecular complexity index is 1550. The Hall–Kier alpha value is -3.52. The van der Waals surface area contributed by atoms with Gasteiger partial charge in [-0.05, 0) is 67.3 Å². The number of morpholine rings is 1. The fourth-order valence-electron chi connectivity index (χ4n) is 5.40. The number of thiophene rings is 1. The van der Waals surface area contributed by atoms with Crippen LogP contribution in [0.3, 0.4) is 0 Å². The molecule has 6 rings (SSSR count). The van der Waals surface area contributed by atoms with E-state index in [-0.39, 0.29) is 16.5 Å². The lowest BCUT2D eigenvalue weighted by molar-refractivity contribution is -0.152. The number of carbonyl (C=O) groups is 2. The average Bonchev–Trinajstić information content (AvgIpc) is 3.79. The Kier molecular flexibility index (Phi) is 7.93. The van der Waals surface area contributed by atoms with Crippen LogP contribution >= 0.6 is 11.3 Å². The van der Waals surface area contributed by atoms with E-state index in [9.17, 15) is 18.0 Å². The van der Waals surface area contributed by atoms with Crippen LogP contribution in [0.5, 0.6) is 0 Å². The molecule has 3 aromatic rings. The summed E-state index contributed by atoms with van der Waals surface area (Å²) in [5.41, 5.74) is 1.81. The summed E-state index contributed by atoms with van der Waals surface area (Å²) in [6.45, 7) is 0.787. The van der Waals surface area contributed by atoms with E-state index in [4.69, 9.17) is 23.4 Å². The molecule has 1 saturated carbocycles. The summed E-state index contributed by atoms with van der Waals surface area (Å²) in [7, 11) is -3.65. The largest absolute Gasteiger partial charge is 0.467 e. The molecule has 41 heavy (non-hydrogen) atoms. The molecule has 13 heteroatoms. The molecular weight excluding hydrogens is 570 g/mol. The van der Waals surface area contributed by atoms with E-state index >= 15 is 0 Å². The van der Waals surface area contributed by atoms with Gasteiger partial charge in [-0.1, -0.05) is 0 Å². The lowest BCUT2D eigenvalue weighted by Crippen LogP contribution is -2.40. The predicted molar refractivity (Wildman–Crippen MR) is 148 cm³/mol. The Balaban J connectivity index is 1.13. The zero-order chi connectivity index (χ0) is 28.4. The molecule has 0 spiro atoms. The molecule has 11 nitrogen and oxygen atoms in total. The Labute approximate surface area is 241 Å². The highest BCUT2D eigenvalue weighted by atomic mass is 32.2. The highest BCUT2D eigenvalue weighted by Crippen LogP contribution is 2.44. The summed E-state index contributed by atoms with van der Waals surface area (Å²) in [5.74, 6) is 0.161. The molecule has 1 aliphatic carbocycles. The molecule has 0 radical (unpaired) electrons. The van der Waals surface area contributed by atoms with Crippen molar-refractivity contribution in [3.05, 3.63) is 70.9 Å². The predicted octanol–water partition coefficient (Wildman–Crippen LogP) is 3.86. The smallest absolute Gasteiger partial charge is 0.311 e. The number of ether oxygens (including phenoxy) is 2. The Morgan fingerprint density at radius 2 is 1.90 bits per heavy atom. The van der Waals surface area contributed by atoms with E-state index in [0.717, 1.165) is 41.9 Å². The van der Waals surface area contributed by atoms with E-state index in [0.29, 0.717) is 42.7 Å². The maximum Gasteiger partial charge on any atom is 0.311 e. The third kappa shape index (κ3) is 5.80. The molecule has 2 aliphatic heterocycles. The van der Waals surface area contributed by atoms with E-state index < -0.39 is 34.5 Å². The van der Waals surface area contributed by atoms with Crippen molar-refractivity contribution < 1.29 is 36.3 Å². The van der Waals surface area contributed by atoms with Gasteiger partial charge in [0.25, 0.3) is 15.9 Å². The first-order valence-electron chi connectivity index (χ1n) is 13.4. The molecule has 1 saturated heterocycles. The maximum absolute atomic E-state index is 13.4. The molecule has 3 aliphatic rings. The van der Waals surface area contributed by atoms with Crippen LogP contribution < -0.4 is 0 Å². The van der Waals surface area contributed by atoms with Crippen LogP contribution in [-0.2, 0) is 35.5 Å². The molecule has 0 aromatic carbocycles. The molecule has 0 N–H and O–H groups in total. The van der Waals surface area contributed by atoms with Crippen molar-refractivity contribution in [3.63, 3.8) is 0 Å². The first-order valence-corrected chi connectivity index (χ1v) is 15.7. The first kappa shape index (κ1) is 27.6. The number of hydrazone groups is 1. The van der Waals surface area contributed by atoms with Crippen molar-refractivity contribution in [3.8, 4) is 0 Å². The molecule has 2 unspecified atom stereocenters. The molecule has 2 atom stereocenters.